The predicted octanol–water partition coefficient (Wildman–Crippen LogP) is -0.554. The molecule has 0 aliphatic carbocycles. The van der Waals surface area contributed by atoms with Gasteiger partial charge in [-0.3, -0.25) is 9.59 Å². The van der Waals surface area contributed by atoms with Crippen LogP contribution in [0.5, 0.6) is 0 Å². The van der Waals surface area contributed by atoms with Gasteiger partial charge in [-0.15, -0.1) is 11.3 Å². The van der Waals surface area contributed by atoms with E-state index in [1.54, 1.807) is 0 Å². The van der Waals surface area contributed by atoms with Crippen LogP contribution in [0.4, 0.5) is 0 Å². The van der Waals surface area contributed by atoms with Crippen molar-refractivity contribution in [1.82, 2.24) is 10.3 Å². The number of carboxylic acids is 1. The summed E-state index contributed by atoms with van der Waals surface area (Å²) >= 11 is 0.925. The van der Waals surface area contributed by atoms with E-state index in [4.69, 9.17) is 10.8 Å². The van der Waals surface area contributed by atoms with Crippen molar-refractivity contribution in [1.29, 1.82) is 0 Å². The van der Waals surface area contributed by atoms with E-state index < -0.39 is 17.8 Å². The molecule has 1 rings (SSSR count). The Bertz CT molecular complexity index is 429. The fourth-order valence-corrected chi connectivity index (χ4v) is 1.56. The van der Waals surface area contributed by atoms with Crippen LogP contribution in [0.1, 0.15) is 26.7 Å². The normalized spacial score (nSPS) is 9.75. The lowest BCUT2D eigenvalue weighted by Crippen LogP contribution is -2.27. The lowest BCUT2D eigenvalue weighted by Gasteiger charge is -1.99. The Labute approximate surface area is 94.3 Å². The highest BCUT2D eigenvalue weighted by atomic mass is 32.1. The fourth-order valence-electron chi connectivity index (χ4n) is 0.851. The molecule has 0 bridgehead atoms. The topological polar surface area (TPSA) is 122 Å². The minimum Gasteiger partial charge on any atom is -0.476 e. The second kappa shape index (κ2) is 5.21. The zero-order chi connectivity index (χ0) is 12.1. The van der Waals surface area contributed by atoms with Crippen molar-refractivity contribution in [3.8, 4) is 0 Å². The highest BCUT2D eigenvalue weighted by Crippen LogP contribution is 2.09. The summed E-state index contributed by atoms with van der Waals surface area (Å²) in [7, 11) is 0. The first-order chi connectivity index (χ1) is 7.50. The quantitative estimate of drug-likeness (QED) is 0.640. The number of carbonyl (C=O) groups is 3. The Morgan fingerprint density at radius 1 is 1.50 bits per heavy atom. The first kappa shape index (κ1) is 12.1. The Balaban J connectivity index is 2.53. The monoisotopic (exact) mass is 243 g/mol. The molecule has 0 aromatic carbocycles. The SMILES string of the molecule is NC(=O)CCNC(=O)c1nc(C(=O)O)cs1. The maximum Gasteiger partial charge on any atom is 0.355 e. The van der Waals surface area contributed by atoms with E-state index in [1.165, 1.54) is 5.38 Å². The van der Waals surface area contributed by atoms with Crippen LogP contribution in [0.15, 0.2) is 5.38 Å². The molecular weight excluding hydrogens is 234 g/mol. The average Bonchev–Trinajstić information content (AvgIpc) is 2.65. The van der Waals surface area contributed by atoms with Crippen LogP contribution in [-0.4, -0.2) is 34.4 Å². The Kier molecular flexibility index (Phi) is 3.95. The molecule has 0 aliphatic heterocycles. The van der Waals surface area contributed by atoms with Crippen LogP contribution in [0.3, 0.4) is 0 Å². The molecular formula is C8H9N3O4S. The van der Waals surface area contributed by atoms with E-state index >= 15 is 0 Å². The number of carbonyl (C=O) groups excluding carboxylic acids is 2. The molecule has 16 heavy (non-hydrogen) atoms. The van der Waals surface area contributed by atoms with Gasteiger partial charge in [0.05, 0.1) is 0 Å². The van der Waals surface area contributed by atoms with E-state index in [0.717, 1.165) is 11.3 Å². The number of aromatic carboxylic acids is 1. The van der Waals surface area contributed by atoms with E-state index in [0.29, 0.717) is 0 Å². The maximum absolute atomic E-state index is 11.4. The van der Waals surface area contributed by atoms with Crippen LogP contribution < -0.4 is 11.1 Å². The minimum absolute atomic E-state index is 0.0307. The number of hydrogen-bond donors (Lipinski definition) is 3. The number of aromatic nitrogens is 1. The molecule has 1 aromatic rings. The molecule has 0 radical (unpaired) electrons. The molecule has 0 fully saturated rings. The van der Waals surface area contributed by atoms with Gasteiger partial charge in [-0.05, 0) is 0 Å². The van der Waals surface area contributed by atoms with Crippen molar-refractivity contribution in [3.05, 3.63) is 16.1 Å². The lowest BCUT2D eigenvalue weighted by atomic mass is 10.4. The lowest BCUT2D eigenvalue weighted by molar-refractivity contribution is -0.117. The smallest absolute Gasteiger partial charge is 0.355 e. The molecule has 1 heterocycles. The first-order valence-corrected chi connectivity index (χ1v) is 5.14. The second-order valence-corrected chi connectivity index (χ2v) is 3.67. The fraction of sp³-hybridized carbons (Fsp3) is 0.250. The number of nitrogens with one attached hydrogen (secondary N) is 1. The number of thiazole rings is 1. The van der Waals surface area contributed by atoms with Gasteiger partial charge in [0, 0.05) is 18.3 Å². The van der Waals surface area contributed by atoms with Crippen molar-refractivity contribution in [3.63, 3.8) is 0 Å². The standard InChI is InChI=1S/C8H9N3O4S/c9-5(12)1-2-10-6(13)7-11-4(3-16-7)8(14)15/h3H,1-2H2,(H2,9,12)(H,10,13)(H,14,15). The van der Waals surface area contributed by atoms with E-state index in [1.807, 2.05) is 0 Å². The summed E-state index contributed by atoms with van der Waals surface area (Å²) in [5.41, 5.74) is 4.70. The van der Waals surface area contributed by atoms with Crippen LogP contribution in [0.25, 0.3) is 0 Å². The molecule has 2 amide bonds. The van der Waals surface area contributed by atoms with Crippen LogP contribution in [-0.2, 0) is 4.79 Å². The summed E-state index contributed by atoms with van der Waals surface area (Å²) < 4.78 is 0. The van der Waals surface area contributed by atoms with Gasteiger partial charge < -0.3 is 16.2 Å². The van der Waals surface area contributed by atoms with Gasteiger partial charge in [0.1, 0.15) is 0 Å². The van der Waals surface area contributed by atoms with Gasteiger partial charge in [-0.25, -0.2) is 9.78 Å². The number of nitrogens with zero attached hydrogens (tertiary/aromatic N) is 1. The van der Waals surface area contributed by atoms with E-state index in [-0.39, 0.29) is 23.7 Å². The maximum atomic E-state index is 11.4. The summed E-state index contributed by atoms with van der Waals surface area (Å²) in [6, 6.07) is 0. The molecule has 86 valence electrons. The highest BCUT2D eigenvalue weighted by molar-refractivity contribution is 7.11. The summed E-state index contributed by atoms with van der Waals surface area (Å²) in [5, 5.41) is 12.3. The van der Waals surface area contributed by atoms with Gasteiger partial charge in [0.2, 0.25) is 5.91 Å². The third-order valence-electron chi connectivity index (χ3n) is 1.57. The van der Waals surface area contributed by atoms with Gasteiger partial charge in [-0.2, -0.15) is 0 Å². The van der Waals surface area contributed by atoms with Crippen molar-refractivity contribution in [2.45, 2.75) is 6.42 Å². The van der Waals surface area contributed by atoms with Gasteiger partial charge >= 0.3 is 5.97 Å². The van der Waals surface area contributed by atoms with Crippen molar-refractivity contribution in [2.75, 3.05) is 6.54 Å². The van der Waals surface area contributed by atoms with E-state index in [2.05, 4.69) is 10.3 Å². The Hall–Kier alpha value is -1.96. The number of rotatable bonds is 5. The second-order valence-electron chi connectivity index (χ2n) is 2.82. The Morgan fingerprint density at radius 3 is 2.69 bits per heavy atom. The highest BCUT2D eigenvalue weighted by Gasteiger charge is 2.14. The molecule has 0 unspecified atom stereocenters. The van der Waals surface area contributed by atoms with Crippen molar-refractivity contribution in [2.24, 2.45) is 5.73 Å². The van der Waals surface area contributed by atoms with Crippen molar-refractivity contribution < 1.29 is 19.5 Å². The third-order valence-corrected chi connectivity index (χ3v) is 2.42. The molecule has 0 saturated carbocycles. The van der Waals surface area contributed by atoms with Crippen LogP contribution in [0.2, 0.25) is 0 Å². The first-order valence-electron chi connectivity index (χ1n) is 4.26. The van der Waals surface area contributed by atoms with Gasteiger partial charge in [0.25, 0.3) is 5.91 Å². The molecule has 0 aliphatic rings. The third kappa shape index (κ3) is 3.31. The number of hydrogen-bond acceptors (Lipinski definition) is 5. The molecule has 8 heteroatoms. The minimum atomic E-state index is -1.19. The zero-order valence-electron chi connectivity index (χ0n) is 8.10. The summed E-state index contributed by atoms with van der Waals surface area (Å²) in [6.07, 6.45) is 0.0307. The van der Waals surface area contributed by atoms with Crippen molar-refractivity contribution >= 4 is 29.1 Å². The van der Waals surface area contributed by atoms with Gasteiger partial charge in [-0.1, -0.05) is 0 Å². The molecule has 1 aromatic heterocycles. The molecule has 7 nitrogen and oxygen atoms in total. The molecule has 0 atom stereocenters. The average molecular weight is 243 g/mol. The molecule has 4 N–H and O–H groups in total. The van der Waals surface area contributed by atoms with Gasteiger partial charge in [0.15, 0.2) is 10.7 Å². The summed E-state index contributed by atoms with van der Waals surface area (Å²) in [4.78, 5) is 35.8. The number of amides is 2. The number of carboxylic acid groups (broad SMARTS) is 1. The van der Waals surface area contributed by atoms with E-state index in [9.17, 15) is 14.4 Å². The molecule has 0 spiro atoms. The van der Waals surface area contributed by atoms with Crippen LogP contribution >= 0.6 is 11.3 Å². The largest absolute Gasteiger partial charge is 0.476 e. The number of nitrogens with two attached hydrogens (primary N) is 1. The Morgan fingerprint density at radius 2 is 2.19 bits per heavy atom. The summed E-state index contributed by atoms with van der Waals surface area (Å²) in [6.45, 7) is 0.107. The molecule has 0 saturated heterocycles. The van der Waals surface area contributed by atoms with Crippen LogP contribution in [0, 0.1) is 0 Å². The predicted molar refractivity (Wildman–Crippen MR) is 55.2 cm³/mol. The number of primary amides is 1. The summed E-state index contributed by atoms with van der Waals surface area (Å²) in [5.74, 6) is -2.23. The zero-order valence-corrected chi connectivity index (χ0v) is 8.91.